The van der Waals surface area contributed by atoms with E-state index in [-0.39, 0.29) is 11.3 Å². The summed E-state index contributed by atoms with van der Waals surface area (Å²) in [4.78, 5) is 28.3. The zero-order valence-corrected chi connectivity index (χ0v) is 26.6. The highest BCUT2D eigenvalue weighted by atomic mass is 16.1. The fourth-order valence-electron chi connectivity index (χ4n) is 9.06. The van der Waals surface area contributed by atoms with Crippen molar-refractivity contribution in [1.29, 1.82) is 0 Å². The standard InChI is InChI=1S/C46H27NO2/c1-46-40-17-4-2-11-30(40)32-13-7-14-33(42(32)46)38-24-28(19-21-36(38)44(46)48)26-9-6-10-27(23-26)29-20-22-37-39(25-29)35-16-8-15-34-31-12-3-5-18-41(31)47(43(34)35)45(37)49/h2-25H,1H3. The maximum atomic E-state index is 14.3. The molecule has 0 spiro atoms. The quantitative estimate of drug-likeness (QED) is 0.179. The Kier molecular flexibility index (Phi) is 5.01. The average molecular weight is 626 g/mol. The lowest BCUT2D eigenvalue weighted by molar-refractivity contribution is 0.0923. The number of Topliss-reactive ketones (excluding diaryl/α,β-unsaturated/α-hetero) is 1. The molecule has 2 aliphatic rings. The van der Waals surface area contributed by atoms with Crippen molar-refractivity contribution in [2.45, 2.75) is 12.3 Å². The summed E-state index contributed by atoms with van der Waals surface area (Å²) in [5.41, 5.74) is 12.9. The zero-order chi connectivity index (χ0) is 32.6. The Morgan fingerprint density at radius 1 is 0.449 bits per heavy atom. The molecule has 49 heavy (non-hydrogen) atoms. The summed E-state index contributed by atoms with van der Waals surface area (Å²) in [6.07, 6.45) is 0. The van der Waals surface area contributed by atoms with Crippen LogP contribution in [-0.4, -0.2) is 10.2 Å². The van der Waals surface area contributed by atoms with Crippen LogP contribution in [0.15, 0.2) is 150 Å². The predicted octanol–water partition coefficient (Wildman–Crippen LogP) is 10.7. The van der Waals surface area contributed by atoms with Crippen molar-refractivity contribution in [3.05, 3.63) is 173 Å². The minimum atomic E-state index is -0.691. The van der Waals surface area contributed by atoms with Gasteiger partial charge in [0.1, 0.15) is 0 Å². The van der Waals surface area contributed by atoms with E-state index in [1.807, 2.05) is 40.8 Å². The molecule has 2 aromatic heterocycles. The summed E-state index contributed by atoms with van der Waals surface area (Å²) in [5, 5.41) is 4.94. The SMILES string of the molecule is CC12C(=O)c3ccc(-c4cccc(-c5ccc6c(=O)n7c8ccccc8c8cccc(c6c5)c87)c4)cc3-c3cccc(c31)-c1ccccc12. The second kappa shape index (κ2) is 9.18. The van der Waals surface area contributed by atoms with Gasteiger partial charge >= 0.3 is 0 Å². The first-order valence-electron chi connectivity index (χ1n) is 16.8. The van der Waals surface area contributed by atoms with E-state index in [1.165, 1.54) is 0 Å². The molecule has 2 heterocycles. The highest BCUT2D eigenvalue weighted by Gasteiger charge is 2.50. The molecular formula is C46H27NO2. The molecule has 0 saturated carbocycles. The van der Waals surface area contributed by atoms with E-state index in [0.717, 1.165) is 93.8 Å². The third kappa shape index (κ3) is 3.27. The van der Waals surface area contributed by atoms with E-state index in [1.54, 1.807) is 0 Å². The Labute approximate surface area is 281 Å². The Balaban J connectivity index is 1.06. The molecule has 0 fully saturated rings. The van der Waals surface area contributed by atoms with Crippen LogP contribution < -0.4 is 5.56 Å². The van der Waals surface area contributed by atoms with E-state index in [0.29, 0.717) is 5.39 Å². The van der Waals surface area contributed by atoms with Gasteiger partial charge in [-0.15, -0.1) is 0 Å². The van der Waals surface area contributed by atoms with Crippen LogP contribution in [0.5, 0.6) is 0 Å². The van der Waals surface area contributed by atoms with Gasteiger partial charge in [-0.2, -0.15) is 0 Å². The van der Waals surface area contributed by atoms with Gasteiger partial charge in [0, 0.05) is 27.1 Å². The molecule has 0 bridgehead atoms. The number of hydrogen-bond donors (Lipinski definition) is 0. The van der Waals surface area contributed by atoms with Crippen molar-refractivity contribution in [2.24, 2.45) is 0 Å². The molecule has 11 rings (SSSR count). The molecular weight excluding hydrogens is 599 g/mol. The molecule has 3 nitrogen and oxygen atoms in total. The fourth-order valence-corrected chi connectivity index (χ4v) is 9.06. The third-order valence-corrected chi connectivity index (χ3v) is 11.3. The number of carbonyl (C=O) groups excluding carboxylic acids is 1. The Morgan fingerprint density at radius 3 is 1.92 bits per heavy atom. The first-order valence-corrected chi connectivity index (χ1v) is 16.8. The normalized spacial score (nSPS) is 16.1. The molecule has 3 heteroatoms. The third-order valence-electron chi connectivity index (χ3n) is 11.3. The second-order valence-corrected chi connectivity index (χ2v) is 13.7. The number of ketones is 1. The lowest BCUT2D eigenvalue weighted by atomic mass is 9.67. The van der Waals surface area contributed by atoms with Crippen LogP contribution in [0.4, 0.5) is 0 Å². The first kappa shape index (κ1) is 26.7. The number of carbonyl (C=O) groups is 1. The van der Waals surface area contributed by atoms with Gasteiger partial charge in [-0.3, -0.25) is 14.0 Å². The van der Waals surface area contributed by atoms with Crippen LogP contribution in [0.3, 0.4) is 0 Å². The number of hydrogen-bond acceptors (Lipinski definition) is 2. The van der Waals surface area contributed by atoms with Crippen LogP contribution in [0.2, 0.25) is 0 Å². The highest BCUT2D eigenvalue weighted by Crippen LogP contribution is 2.57. The number of pyridine rings is 1. The molecule has 7 aromatic carbocycles. The van der Waals surface area contributed by atoms with Crippen molar-refractivity contribution in [2.75, 3.05) is 0 Å². The maximum Gasteiger partial charge on any atom is 0.263 e. The number of rotatable bonds is 2. The molecule has 228 valence electrons. The van der Waals surface area contributed by atoms with E-state index in [4.69, 9.17) is 0 Å². The molecule has 2 aliphatic carbocycles. The zero-order valence-electron chi connectivity index (χ0n) is 26.6. The molecule has 0 saturated heterocycles. The topological polar surface area (TPSA) is 38.5 Å². The lowest BCUT2D eigenvalue weighted by Crippen LogP contribution is -2.35. The minimum Gasteiger partial charge on any atom is -0.293 e. The smallest absolute Gasteiger partial charge is 0.263 e. The number of aromatic nitrogens is 1. The summed E-state index contributed by atoms with van der Waals surface area (Å²) in [6, 6.07) is 50.3. The van der Waals surface area contributed by atoms with E-state index in [2.05, 4.69) is 116 Å². The number of nitrogens with zero attached hydrogens (tertiary/aromatic N) is 1. The molecule has 9 aromatic rings. The van der Waals surface area contributed by atoms with Crippen LogP contribution in [0.25, 0.3) is 82.5 Å². The van der Waals surface area contributed by atoms with Crippen molar-refractivity contribution in [1.82, 2.24) is 4.40 Å². The number of benzene rings is 7. The van der Waals surface area contributed by atoms with Crippen molar-refractivity contribution in [3.8, 4) is 44.5 Å². The van der Waals surface area contributed by atoms with E-state index in [9.17, 15) is 9.59 Å². The minimum absolute atomic E-state index is 0.00963. The van der Waals surface area contributed by atoms with Gasteiger partial charge in [0.15, 0.2) is 5.78 Å². The van der Waals surface area contributed by atoms with Crippen molar-refractivity contribution in [3.63, 3.8) is 0 Å². The number of fused-ring (bicyclic) bond motifs is 10. The monoisotopic (exact) mass is 625 g/mol. The molecule has 0 amide bonds. The van der Waals surface area contributed by atoms with Gasteiger partial charge in [0.25, 0.3) is 5.56 Å². The Morgan fingerprint density at radius 2 is 1.06 bits per heavy atom. The second-order valence-electron chi connectivity index (χ2n) is 13.7. The van der Waals surface area contributed by atoms with Gasteiger partial charge in [0.05, 0.1) is 16.4 Å². The molecule has 0 N–H and O–H groups in total. The van der Waals surface area contributed by atoms with Crippen LogP contribution in [-0.2, 0) is 5.41 Å². The van der Waals surface area contributed by atoms with E-state index >= 15 is 0 Å². The fraction of sp³-hybridized carbons (Fsp3) is 0.0435. The Bertz CT molecular complexity index is 3000. The summed E-state index contributed by atoms with van der Waals surface area (Å²) >= 11 is 0. The predicted molar refractivity (Wildman–Crippen MR) is 200 cm³/mol. The van der Waals surface area contributed by atoms with E-state index < -0.39 is 5.41 Å². The van der Waals surface area contributed by atoms with Crippen molar-refractivity contribution >= 4 is 43.7 Å². The molecule has 1 atom stereocenters. The molecule has 1 unspecified atom stereocenters. The summed E-state index contributed by atoms with van der Waals surface area (Å²) in [6.45, 7) is 2.09. The van der Waals surface area contributed by atoms with Gasteiger partial charge in [-0.1, -0.05) is 115 Å². The van der Waals surface area contributed by atoms with Gasteiger partial charge in [-0.05, 0) is 98.3 Å². The summed E-state index contributed by atoms with van der Waals surface area (Å²) in [7, 11) is 0. The van der Waals surface area contributed by atoms with Gasteiger partial charge in [-0.25, -0.2) is 0 Å². The first-order chi connectivity index (χ1) is 24.0. The maximum absolute atomic E-state index is 14.3. The van der Waals surface area contributed by atoms with Gasteiger partial charge in [0.2, 0.25) is 0 Å². The van der Waals surface area contributed by atoms with Crippen LogP contribution >= 0.6 is 0 Å². The summed E-state index contributed by atoms with van der Waals surface area (Å²) < 4.78 is 1.88. The van der Waals surface area contributed by atoms with Crippen LogP contribution in [0.1, 0.15) is 28.4 Å². The Hall–Kier alpha value is -6.32. The summed E-state index contributed by atoms with van der Waals surface area (Å²) in [5.74, 6) is 0.158. The molecule has 0 aliphatic heterocycles. The highest BCUT2D eigenvalue weighted by molar-refractivity contribution is 6.21. The lowest BCUT2D eigenvalue weighted by Gasteiger charge is -2.33. The average Bonchev–Trinajstić information content (AvgIpc) is 3.64. The van der Waals surface area contributed by atoms with Crippen LogP contribution in [0, 0.1) is 0 Å². The largest absolute Gasteiger partial charge is 0.293 e. The molecule has 0 radical (unpaired) electrons. The van der Waals surface area contributed by atoms with Gasteiger partial charge < -0.3 is 0 Å². The van der Waals surface area contributed by atoms with Crippen molar-refractivity contribution < 1.29 is 4.79 Å². The number of para-hydroxylation sites is 2.